The fourth-order valence-corrected chi connectivity index (χ4v) is 4.01. The molecule has 0 radical (unpaired) electrons. The smallest absolute Gasteiger partial charge is 0.134 e. The molecule has 1 aromatic rings. The van der Waals surface area contributed by atoms with Crippen molar-refractivity contribution >= 4 is 0 Å². The van der Waals surface area contributed by atoms with Gasteiger partial charge in [-0.25, -0.2) is 8.78 Å². The van der Waals surface area contributed by atoms with Gasteiger partial charge in [-0.3, -0.25) is 4.90 Å². The van der Waals surface area contributed by atoms with Crippen LogP contribution in [0.4, 0.5) is 8.78 Å². The molecule has 3 rings (SSSR count). The van der Waals surface area contributed by atoms with Crippen LogP contribution in [0.3, 0.4) is 0 Å². The summed E-state index contributed by atoms with van der Waals surface area (Å²) in [6.07, 6.45) is 5.85. The van der Waals surface area contributed by atoms with Crippen LogP contribution in [0.15, 0.2) is 18.2 Å². The van der Waals surface area contributed by atoms with Crippen LogP contribution in [0.1, 0.15) is 38.5 Å². The number of β-amino-alcohol motifs (C(OH)–C–C–N with tert-alkyl or cyclic N) is 2. The second-order valence-electron chi connectivity index (χ2n) is 8.02. The van der Waals surface area contributed by atoms with Crippen molar-refractivity contribution in [2.24, 2.45) is 0 Å². The van der Waals surface area contributed by atoms with Crippen molar-refractivity contribution in [3.8, 4) is 5.75 Å². The van der Waals surface area contributed by atoms with Crippen molar-refractivity contribution < 1.29 is 28.5 Å². The zero-order chi connectivity index (χ0) is 19.3. The number of hydrogen-bond donors (Lipinski definition) is 2. The first-order chi connectivity index (χ1) is 12.9. The van der Waals surface area contributed by atoms with E-state index in [2.05, 4.69) is 0 Å². The Morgan fingerprint density at radius 2 is 1.67 bits per heavy atom. The van der Waals surface area contributed by atoms with E-state index in [-0.39, 0.29) is 25.5 Å². The number of rotatable bonds is 5. The molecule has 1 aromatic carbocycles. The van der Waals surface area contributed by atoms with Gasteiger partial charge in [0, 0.05) is 37.8 Å². The first-order valence-electron chi connectivity index (χ1n) is 9.70. The monoisotopic (exact) mass is 385 g/mol. The van der Waals surface area contributed by atoms with Gasteiger partial charge in [-0.05, 0) is 12.8 Å². The summed E-state index contributed by atoms with van der Waals surface area (Å²) in [5.74, 6) is -1.43. The van der Waals surface area contributed by atoms with E-state index in [9.17, 15) is 19.0 Å². The molecule has 0 aromatic heterocycles. The molecule has 1 saturated heterocycles. The minimum absolute atomic E-state index is 0.0270. The Balaban J connectivity index is 1.62. The predicted molar refractivity (Wildman–Crippen MR) is 96.7 cm³/mol. The average molecular weight is 385 g/mol. The summed E-state index contributed by atoms with van der Waals surface area (Å²) in [7, 11) is 0. The molecular weight excluding hydrogens is 356 g/mol. The molecule has 0 amide bonds. The van der Waals surface area contributed by atoms with E-state index < -0.39 is 22.8 Å². The Kier molecular flexibility index (Phi) is 6.68. The molecule has 7 heteroatoms. The van der Waals surface area contributed by atoms with Gasteiger partial charge in [0.05, 0.1) is 18.8 Å². The maximum atomic E-state index is 13.3. The molecule has 2 aliphatic rings. The molecule has 152 valence electrons. The second-order valence-corrected chi connectivity index (χ2v) is 8.02. The molecule has 2 N–H and O–H groups in total. The van der Waals surface area contributed by atoms with Gasteiger partial charge in [-0.1, -0.05) is 25.7 Å². The maximum Gasteiger partial charge on any atom is 0.134 e. The van der Waals surface area contributed by atoms with Crippen LogP contribution in [-0.4, -0.2) is 65.8 Å². The van der Waals surface area contributed by atoms with Crippen LogP contribution in [0.2, 0.25) is 0 Å². The molecule has 1 aliphatic carbocycles. The van der Waals surface area contributed by atoms with E-state index in [4.69, 9.17) is 9.47 Å². The van der Waals surface area contributed by atoms with Crippen molar-refractivity contribution in [3.63, 3.8) is 0 Å². The molecule has 1 saturated carbocycles. The lowest BCUT2D eigenvalue weighted by molar-refractivity contribution is -0.0734. The van der Waals surface area contributed by atoms with Crippen molar-refractivity contribution in [3.05, 3.63) is 29.8 Å². The summed E-state index contributed by atoms with van der Waals surface area (Å²) in [6.45, 7) is 1.73. The summed E-state index contributed by atoms with van der Waals surface area (Å²) in [6, 6.07) is 2.93. The molecule has 2 fully saturated rings. The molecule has 0 bridgehead atoms. The standard InChI is InChI=1S/C20H29F2NO4/c21-16-9-17(22)11-18(10-16)27-15-20(25)13-23(7-8-26-14-20)12-19(24)5-3-1-2-4-6-19/h9-11,24-25H,1-8,12-15H2/t20-/m1/s1. The quantitative estimate of drug-likeness (QED) is 0.763. The third kappa shape index (κ3) is 6.10. The number of nitrogens with zero attached hydrogens (tertiary/aromatic N) is 1. The van der Waals surface area contributed by atoms with Crippen molar-refractivity contribution in [1.29, 1.82) is 0 Å². The third-order valence-corrected chi connectivity index (χ3v) is 5.34. The maximum absolute atomic E-state index is 13.3. The highest BCUT2D eigenvalue weighted by Gasteiger charge is 2.37. The predicted octanol–water partition coefficient (Wildman–Crippen LogP) is 2.49. The Hall–Kier alpha value is -1.28. The van der Waals surface area contributed by atoms with Crippen LogP contribution in [0, 0.1) is 11.6 Å². The molecule has 0 spiro atoms. The van der Waals surface area contributed by atoms with Crippen molar-refractivity contribution in [2.75, 3.05) is 39.5 Å². The van der Waals surface area contributed by atoms with E-state index >= 15 is 0 Å². The topological polar surface area (TPSA) is 62.2 Å². The van der Waals surface area contributed by atoms with E-state index in [1.54, 1.807) is 0 Å². The lowest BCUT2D eigenvalue weighted by atomic mass is 9.93. The highest BCUT2D eigenvalue weighted by molar-refractivity contribution is 5.24. The lowest BCUT2D eigenvalue weighted by Gasteiger charge is -2.36. The van der Waals surface area contributed by atoms with Gasteiger partial charge in [0.25, 0.3) is 0 Å². The summed E-state index contributed by atoms with van der Waals surface area (Å²) in [4.78, 5) is 2.01. The molecule has 1 heterocycles. The summed E-state index contributed by atoms with van der Waals surface area (Å²) in [5.41, 5.74) is -2.06. The van der Waals surface area contributed by atoms with Crippen LogP contribution < -0.4 is 4.74 Å². The van der Waals surface area contributed by atoms with Crippen molar-refractivity contribution in [1.82, 2.24) is 4.90 Å². The molecule has 0 unspecified atom stereocenters. The summed E-state index contributed by atoms with van der Waals surface area (Å²) >= 11 is 0. The number of benzene rings is 1. The fourth-order valence-electron chi connectivity index (χ4n) is 4.01. The lowest BCUT2D eigenvalue weighted by Crippen LogP contribution is -2.52. The van der Waals surface area contributed by atoms with Gasteiger partial charge in [-0.15, -0.1) is 0 Å². The number of ether oxygens (including phenoxy) is 2. The van der Waals surface area contributed by atoms with Crippen LogP contribution in [-0.2, 0) is 4.74 Å². The van der Waals surface area contributed by atoms with Gasteiger partial charge in [-0.2, -0.15) is 0 Å². The van der Waals surface area contributed by atoms with Gasteiger partial charge in [0.15, 0.2) is 0 Å². The number of halogens is 2. The van der Waals surface area contributed by atoms with Gasteiger partial charge < -0.3 is 19.7 Å². The minimum atomic E-state index is -1.32. The Morgan fingerprint density at radius 3 is 2.33 bits per heavy atom. The minimum Gasteiger partial charge on any atom is -0.490 e. The zero-order valence-electron chi connectivity index (χ0n) is 15.6. The van der Waals surface area contributed by atoms with Crippen LogP contribution in [0.5, 0.6) is 5.75 Å². The Morgan fingerprint density at radius 1 is 1.00 bits per heavy atom. The van der Waals surface area contributed by atoms with Gasteiger partial charge >= 0.3 is 0 Å². The van der Waals surface area contributed by atoms with Crippen molar-refractivity contribution in [2.45, 2.75) is 49.7 Å². The molecule has 1 aliphatic heterocycles. The summed E-state index contributed by atoms with van der Waals surface area (Å²) in [5, 5.41) is 21.9. The molecule has 1 atom stereocenters. The summed E-state index contributed by atoms with van der Waals surface area (Å²) < 4.78 is 37.6. The average Bonchev–Trinajstić information content (AvgIpc) is 2.91. The highest BCUT2D eigenvalue weighted by atomic mass is 19.1. The number of hydrogen-bond acceptors (Lipinski definition) is 5. The Bertz CT molecular complexity index is 602. The van der Waals surface area contributed by atoms with E-state index in [0.29, 0.717) is 19.7 Å². The SMILES string of the molecule is OC1(CN2CCOC[C@@](O)(COc3cc(F)cc(F)c3)C2)CCCCCC1. The van der Waals surface area contributed by atoms with E-state index in [0.717, 1.165) is 56.7 Å². The fraction of sp³-hybridized carbons (Fsp3) is 0.700. The van der Waals surface area contributed by atoms with Crippen LogP contribution >= 0.6 is 0 Å². The molecule has 5 nitrogen and oxygen atoms in total. The zero-order valence-corrected chi connectivity index (χ0v) is 15.6. The van der Waals surface area contributed by atoms with Gasteiger partial charge in [0.2, 0.25) is 0 Å². The largest absolute Gasteiger partial charge is 0.490 e. The van der Waals surface area contributed by atoms with Gasteiger partial charge in [0.1, 0.15) is 29.6 Å². The van der Waals surface area contributed by atoms with E-state index in [1.165, 1.54) is 0 Å². The number of aliphatic hydroxyl groups is 2. The molecule has 27 heavy (non-hydrogen) atoms. The third-order valence-electron chi connectivity index (χ3n) is 5.34. The second kappa shape index (κ2) is 8.82. The van der Waals surface area contributed by atoms with Crippen LogP contribution in [0.25, 0.3) is 0 Å². The Labute approximate surface area is 158 Å². The van der Waals surface area contributed by atoms with E-state index in [1.807, 2.05) is 4.90 Å². The first-order valence-corrected chi connectivity index (χ1v) is 9.70. The normalized spacial score (nSPS) is 27.0. The first kappa shape index (κ1) is 20.5. The highest BCUT2D eigenvalue weighted by Crippen LogP contribution is 2.29. The molecular formula is C20H29F2NO4.